The van der Waals surface area contributed by atoms with Crippen LogP contribution >= 0.6 is 34.8 Å². The van der Waals surface area contributed by atoms with E-state index in [-0.39, 0.29) is 20.7 Å². The normalized spacial score (nSPS) is 12.2. The highest BCUT2D eigenvalue weighted by molar-refractivity contribution is 7.90. The third-order valence-electron chi connectivity index (χ3n) is 2.69. The summed E-state index contributed by atoms with van der Waals surface area (Å²) in [5.41, 5.74) is 0. The molecule has 23 heavy (non-hydrogen) atoms. The summed E-state index contributed by atoms with van der Waals surface area (Å²) in [7, 11) is -8.00. The molecule has 2 aromatic carbocycles. The minimum Gasteiger partial charge on any atom is -0.377 e. The fraction of sp³-hybridized carbons (Fsp3) is 0.0769. The maximum absolute atomic E-state index is 12.3. The molecule has 0 saturated heterocycles. The Labute approximate surface area is 148 Å². The third kappa shape index (κ3) is 4.30. The van der Waals surface area contributed by atoms with E-state index in [4.69, 9.17) is 39.0 Å². The Morgan fingerprint density at radius 1 is 0.870 bits per heavy atom. The standard InChI is InChI=1S/C13H9Cl3O5S2/c1-22(17,18)9-3-4-10(15)13(7-9)23(19,20)21-12-5-2-8(14)6-11(12)16/h2-7H,1H3. The molecule has 0 aromatic heterocycles. The zero-order chi connectivity index (χ0) is 17.4. The molecule has 2 rings (SSSR count). The van der Waals surface area contributed by atoms with Gasteiger partial charge in [0.05, 0.1) is 14.9 Å². The van der Waals surface area contributed by atoms with E-state index in [1.807, 2.05) is 0 Å². The van der Waals surface area contributed by atoms with Crippen LogP contribution in [0.15, 0.2) is 46.2 Å². The molecule has 124 valence electrons. The molecule has 0 amide bonds. The summed E-state index contributed by atoms with van der Waals surface area (Å²) in [5.74, 6) is -0.156. The molecule has 0 saturated carbocycles. The SMILES string of the molecule is CS(=O)(=O)c1ccc(Cl)c(S(=O)(=O)Oc2ccc(Cl)cc2Cl)c1. The Morgan fingerprint density at radius 2 is 1.52 bits per heavy atom. The van der Waals surface area contributed by atoms with Crippen molar-refractivity contribution in [1.29, 1.82) is 0 Å². The predicted octanol–water partition coefficient (Wildman–Crippen LogP) is 3.82. The summed E-state index contributed by atoms with van der Waals surface area (Å²) >= 11 is 17.4. The van der Waals surface area contributed by atoms with E-state index in [1.165, 1.54) is 24.3 Å². The number of rotatable bonds is 4. The van der Waals surface area contributed by atoms with Gasteiger partial charge in [-0.15, -0.1) is 0 Å². The summed E-state index contributed by atoms with van der Waals surface area (Å²) in [6.45, 7) is 0. The third-order valence-corrected chi connectivity index (χ3v) is 6.05. The van der Waals surface area contributed by atoms with Crippen LogP contribution in [0.5, 0.6) is 5.75 Å². The van der Waals surface area contributed by atoms with Crippen LogP contribution in [0.2, 0.25) is 15.1 Å². The van der Waals surface area contributed by atoms with Crippen LogP contribution in [-0.4, -0.2) is 23.1 Å². The summed E-state index contributed by atoms with van der Waals surface area (Å²) in [5, 5.41) is 0.107. The lowest BCUT2D eigenvalue weighted by Gasteiger charge is -2.11. The van der Waals surface area contributed by atoms with Gasteiger partial charge in [-0.25, -0.2) is 8.42 Å². The molecule has 0 spiro atoms. The van der Waals surface area contributed by atoms with Gasteiger partial charge < -0.3 is 4.18 Å². The Hall–Kier alpha value is -0.990. The molecule has 0 unspecified atom stereocenters. The molecule has 0 N–H and O–H groups in total. The van der Waals surface area contributed by atoms with E-state index in [0.717, 1.165) is 18.4 Å². The van der Waals surface area contributed by atoms with Crippen LogP contribution in [0.25, 0.3) is 0 Å². The van der Waals surface area contributed by atoms with Crippen LogP contribution in [0.1, 0.15) is 0 Å². The lowest BCUT2D eigenvalue weighted by atomic mass is 10.3. The van der Waals surface area contributed by atoms with Gasteiger partial charge in [0, 0.05) is 11.3 Å². The first-order chi connectivity index (χ1) is 10.5. The van der Waals surface area contributed by atoms with Gasteiger partial charge in [0.1, 0.15) is 4.90 Å². The zero-order valence-electron chi connectivity index (χ0n) is 11.5. The van der Waals surface area contributed by atoms with Crippen molar-refractivity contribution in [2.24, 2.45) is 0 Å². The molecule has 0 atom stereocenters. The highest BCUT2D eigenvalue weighted by Crippen LogP contribution is 2.32. The first-order valence-electron chi connectivity index (χ1n) is 5.90. The minimum absolute atomic E-state index is 0.0172. The molecule has 5 nitrogen and oxygen atoms in total. The smallest absolute Gasteiger partial charge is 0.340 e. The first-order valence-corrected chi connectivity index (χ1v) is 10.3. The number of hydrogen-bond donors (Lipinski definition) is 0. The highest BCUT2D eigenvalue weighted by atomic mass is 35.5. The lowest BCUT2D eigenvalue weighted by molar-refractivity contribution is 0.486. The topological polar surface area (TPSA) is 77.5 Å². The van der Waals surface area contributed by atoms with Crippen LogP contribution in [0.4, 0.5) is 0 Å². The molecule has 0 bridgehead atoms. The van der Waals surface area contributed by atoms with Crippen LogP contribution in [0, 0.1) is 0 Å². The molecule has 2 aromatic rings. The molecular weight excluding hydrogens is 407 g/mol. The fourth-order valence-electron chi connectivity index (χ4n) is 1.61. The minimum atomic E-state index is -4.39. The van der Waals surface area contributed by atoms with Gasteiger partial charge in [0.2, 0.25) is 0 Å². The Kier molecular flexibility index (Phi) is 5.18. The predicted molar refractivity (Wildman–Crippen MR) is 88.8 cm³/mol. The molecule has 0 heterocycles. The number of benzene rings is 2. The maximum atomic E-state index is 12.3. The van der Waals surface area contributed by atoms with Crippen molar-refractivity contribution in [1.82, 2.24) is 0 Å². The molecule has 10 heteroatoms. The summed E-state index contributed by atoms with van der Waals surface area (Å²) in [6, 6.07) is 7.27. The fourth-order valence-corrected chi connectivity index (χ4v) is 4.28. The van der Waals surface area contributed by atoms with E-state index in [9.17, 15) is 16.8 Å². The van der Waals surface area contributed by atoms with Gasteiger partial charge in [-0.3, -0.25) is 0 Å². The van der Waals surface area contributed by atoms with Crippen molar-refractivity contribution < 1.29 is 21.0 Å². The molecule has 0 fully saturated rings. The van der Waals surface area contributed by atoms with Crippen molar-refractivity contribution in [3.8, 4) is 5.75 Å². The van der Waals surface area contributed by atoms with E-state index < -0.39 is 24.9 Å². The maximum Gasteiger partial charge on any atom is 0.340 e. The van der Waals surface area contributed by atoms with Gasteiger partial charge in [-0.2, -0.15) is 8.42 Å². The van der Waals surface area contributed by atoms with Gasteiger partial charge in [-0.1, -0.05) is 34.8 Å². The summed E-state index contributed by atoms with van der Waals surface area (Å²) < 4.78 is 52.7. The molecule has 0 aliphatic carbocycles. The van der Waals surface area contributed by atoms with Gasteiger partial charge in [-0.05, 0) is 36.4 Å². The van der Waals surface area contributed by atoms with Gasteiger partial charge in [0.15, 0.2) is 15.6 Å². The quantitative estimate of drug-likeness (QED) is 0.709. The van der Waals surface area contributed by atoms with E-state index in [0.29, 0.717) is 5.02 Å². The molecule has 0 aliphatic heterocycles. The van der Waals surface area contributed by atoms with Crippen molar-refractivity contribution in [3.63, 3.8) is 0 Å². The lowest BCUT2D eigenvalue weighted by Crippen LogP contribution is -2.12. The molecule has 0 radical (unpaired) electrons. The average molecular weight is 416 g/mol. The van der Waals surface area contributed by atoms with Crippen molar-refractivity contribution >= 4 is 54.8 Å². The zero-order valence-corrected chi connectivity index (χ0v) is 15.4. The second kappa shape index (κ2) is 6.49. The second-order valence-electron chi connectivity index (χ2n) is 4.48. The number of sulfone groups is 1. The monoisotopic (exact) mass is 414 g/mol. The van der Waals surface area contributed by atoms with Crippen molar-refractivity contribution in [3.05, 3.63) is 51.5 Å². The van der Waals surface area contributed by atoms with Crippen LogP contribution in [-0.2, 0) is 20.0 Å². The first kappa shape index (κ1) is 18.4. The Bertz CT molecular complexity index is 969. The molecule has 0 aliphatic rings. The van der Waals surface area contributed by atoms with E-state index >= 15 is 0 Å². The van der Waals surface area contributed by atoms with E-state index in [2.05, 4.69) is 0 Å². The molecular formula is C13H9Cl3O5S2. The number of halogens is 3. The Balaban J connectivity index is 2.51. The largest absolute Gasteiger partial charge is 0.377 e. The second-order valence-corrected chi connectivity index (χ2v) is 9.26. The van der Waals surface area contributed by atoms with Crippen molar-refractivity contribution in [2.45, 2.75) is 9.79 Å². The van der Waals surface area contributed by atoms with Crippen molar-refractivity contribution in [2.75, 3.05) is 6.26 Å². The summed E-state index contributed by atoms with van der Waals surface area (Å²) in [6.07, 6.45) is 0.948. The van der Waals surface area contributed by atoms with Gasteiger partial charge >= 0.3 is 10.1 Å². The highest BCUT2D eigenvalue weighted by Gasteiger charge is 2.24. The summed E-state index contributed by atoms with van der Waals surface area (Å²) in [4.78, 5) is -0.681. The number of hydrogen-bond acceptors (Lipinski definition) is 5. The average Bonchev–Trinajstić information content (AvgIpc) is 2.41. The van der Waals surface area contributed by atoms with E-state index in [1.54, 1.807) is 0 Å². The Morgan fingerprint density at radius 3 is 2.09 bits per heavy atom. The van der Waals surface area contributed by atoms with Gasteiger partial charge in [0.25, 0.3) is 0 Å². The van der Waals surface area contributed by atoms with Crippen LogP contribution < -0.4 is 4.18 Å². The van der Waals surface area contributed by atoms with Crippen LogP contribution in [0.3, 0.4) is 0 Å².